The van der Waals surface area contributed by atoms with E-state index in [1.807, 2.05) is 37.3 Å². The molecule has 3 nitrogen and oxygen atoms in total. The van der Waals surface area contributed by atoms with Crippen LogP contribution >= 0.6 is 12.2 Å². The lowest BCUT2D eigenvalue weighted by molar-refractivity contribution is 0.0721. The number of benzene rings is 1. The molecule has 152 valence electrons. The van der Waals surface area contributed by atoms with Crippen molar-refractivity contribution >= 4 is 17.5 Å². The highest BCUT2D eigenvalue weighted by Crippen LogP contribution is 2.23. The zero-order valence-corrected chi connectivity index (χ0v) is 17.9. The molecule has 27 heavy (non-hydrogen) atoms. The highest BCUT2D eigenvalue weighted by molar-refractivity contribution is 7.79. The molecule has 0 aliphatic carbocycles. The molecule has 4 heteroatoms. The second kappa shape index (κ2) is 13.7. The second-order valence-corrected chi connectivity index (χ2v) is 7.72. The molecule has 0 aromatic heterocycles. The van der Waals surface area contributed by atoms with Crippen LogP contribution in [0.2, 0.25) is 0 Å². The third-order valence-electron chi connectivity index (χ3n) is 5.07. The Morgan fingerprint density at radius 2 is 1.81 bits per heavy atom. The fraction of sp³-hybridized carbons (Fsp3) is 0.609. The summed E-state index contributed by atoms with van der Waals surface area (Å²) in [5, 5.41) is 10.4. The summed E-state index contributed by atoms with van der Waals surface area (Å²) >= 11 is 5.32. The Morgan fingerprint density at radius 1 is 1.11 bits per heavy atom. The Morgan fingerprint density at radius 3 is 2.44 bits per heavy atom. The van der Waals surface area contributed by atoms with E-state index in [1.165, 1.54) is 19.3 Å². The van der Waals surface area contributed by atoms with Gasteiger partial charge in [0.25, 0.3) is 0 Å². The third kappa shape index (κ3) is 9.92. The molecule has 0 heterocycles. The number of thiocarbonyl (C=S) groups is 1. The van der Waals surface area contributed by atoms with Gasteiger partial charge in [-0.15, -0.1) is 6.58 Å². The topological polar surface area (TPSA) is 38.7 Å². The standard InChI is InChI=1S/C23H36O3S/c1-5-7-8-12-15-22(19(4)16-17-21(24)18(3)6-2)26-23(27)25-20-13-10-9-11-14-20/h6,9-11,13-14,18-19,21-22,24H,2,5,7-8,12,15-17H2,1,3-4H3/t18-,19-,21-,22-/m1/s1. The number of rotatable bonds is 13. The Balaban J connectivity index is 2.58. The first-order valence-corrected chi connectivity index (χ1v) is 10.6. The van der Waals surface area contributed by atoms with Crippen molar-refractivity contribution in [3.8, 4) is 5.75 Å². The maximum Gasteiger partial charge on any atom is 0.358 e. The number of unbranched alkanes of at least 4 members (excludes halogenated alkanes) is 3. The van der Waals surface area contributed by atoms with Crippen LogP contribution in [-0.2, 0) is 4.74 Å². The van der Waals surface area contributed by atoms with Gasteiger partial charge in [-0.3, -0.25) is 0 Å². The van der Waals surface area contributed by atoms with Crippen LogP contribution in [0, 0.1) is 11.8 Å². The first-order valence-electron chi connectivity index (χ1n) is 10.2. The van der Waals surface area contributed by atoms with Crippen molar-refractivity contribution in [2.75, 3.05) is 0 Å². The maximum absolute atomic E-state index is 10.2. The van der Waals surface area contributed by atoms with Crippen molar-refractivity contribution < 1.29 is 14.6 Å². The molecule has 4 atom stereocenters. The third-order valence-corrected chi connectivity index (χ3v) is 5.24. The normalized spacial score (nSPS) is 15.4. The fourth-order valence-corrected chi connectivity index (χ4v) is 3.22. The molecule has 0 unspecified atom stereocenters. The van der Waals surface area contributed by atoms with Crippen LogP contribution in [0.3, 0.4) is 0 Å². The fourth-order valence-electron chi connectivity index (χ4n) is 3.00. The molecule has 0 bridgehead atoms. The summed E-state index contributed by atoms with van der Waals surface area (Å²) in [7, 11) is 0. The van der Waals surface area contributed by atoms with Gasteiger partial charge >= 0.3 is 5.24 Å². The Bertz CT molecular complexity index is 532. The molecule has 0 aliphatic rings. The van der Waals surface area contributed by atoms with E-state index in [1.54, 1.807) is 6.08 Å². The molecule has 0 radical (unpaired) electrons. The molecule has 0 saturated carbocycles. The van der Waals surface area contributed by atoms with Crippen molar-refractivity contribution in [1.29, 1.82) is 0 Å². The van der Waals surface area contributed by atoms with E-state index in [9.17, 15) is 5.11 Å². The molecule has 0 aliphatic heterocycles. The lowest BCUT2D eigenvalue weighted by Gasteiger charge is -2.26. The maximum atomic E-state index is 10.2. The number of hydrogen-bond donors (Lipinski definition) is 1. The summed E-state index contributed by atoms with van der Waals surface area (Å²) in [6.45, 7) is 10.1. The van der Waals surface area contributed by atoms with E-state index in [4.69, 9.17) is 21.7 Å². The van der Waals surface area contributed by atoms with Gasteiger partial charge < -0.3 is 14.6 Å². The molecular formula is C23H36O3S. The van der Waals surface area contributed by atoms with Crippen LogP contribution < -0.4 is 4.74 Å². The first kappa shape index (κ1) is 23.6. The van der Waals surface area contributed by atoms with Crippen LogP contribution in [0.4, 0.5) is 0 Å². The lowest BCUT2D eigenvalue weighted by atomic mass is 9.90. The largest absolute Gasteiger partial charge is 0.453 e. The van der Waals surface area contributed by atoms with Gasteiger partial charge in [-0.25, -0.2) is 0 Å². The van der Waals surface area contributed by atoms with Crippen LogP contribution in [0.5, 0.6) is 5.75 Å². The van der Waals surface area contributed by atoms with Gasteiger partial charge in [0.2, 0.25) is 0 Å². The molecule has 1 rings (SSSR count). The molecule has 0 spiro atoms. The number of aliphatic hydroxyl groups excluding tert-OH is 1. The number of hydrogen-bond acceptors (Lipinski definition) is 4. The predicted octanol–water partition coefficient (Wildman–Crippen LogP) is 6.31. The van der Waals surface area contributed by atoms with Crippen molar-refractivity contribution in [2.45, 2.75) is 77.9 Å². The van der Waals surface area contributed by atoms with Crippen molar-refractivity contribution in [3.63, 3.8) is 0 Å². The molecular weight excluding hydrogens is 356 g/mol. The van der Waals surface area contributed by atoms with Crippen LogP contribution in [0.1, 0.15) is 65.7 Å². The predicted molar refractivity (Wildman–Crippen MR) is 117 cm³/mol. The SMILES string of the molecule is C=C[C@@H](C)[C@H](O)CC[C@@H](C)[C@@H](CCCCCC)OC(=S)Oc1ccccc1. The molecule has 1 N–H and O–H groups in total. The Labute approximate surface area is 170 Å². The van der Waals surface area contributed by atoms with E-state index in [0.717, 1.165) is 25.7 Å². The van der Waals surface area contributed by atoms with Gasteiger partial charge in [-0.1, -0.05) is 64.3 Å². The van der Waals surface area contributed by atoms with Gasteiger partial charge in [-0.2, -0.15) is 0 Å². The van der Waals surface area contributed by atoms with Gasteiger partial charge in [0.1, 0.15) is 11.9 Å². The molecule has 1 aromatic rings. The molecule has 0 saturated heterocycles. The van der Waals surface area contributed by atoms with Gasteiger partial charge in [0.15, 0.2) is 0 Å². The first-order chi connectivity index (χ1) is 13.0. The summed E-state index contributed by atoms with van der Waals surface area (Å²) in [6, 6.07) is 9.48. The van der Waals surface area contributed by atoms with Crippen molar-refractivity contribution in [1.82, 2.24) is 0 Å². The summed E-state index contributed by atoms with van der Waals surface area (Å²) in [4.78, 5) is 0. The monoisotopic (exact) mass is 392 g/mol. The Hall–Kier alpha value is -1.39. The summed E-state index contributed by atoms with van der Waals surface area (Å²) < 4.78 is 11.7. The van der Waals surface area contributed by atoms with Crippen LogP contribution in [0.25, 0.3) is 0 Å². The van der Waals surface area contributed by atoms with E-state index in [0.29, 0.717) is 5.75 Å². The van der Waals surface area contributed by atoms with E-state index in [2.05, 4.69) is 20.4 Å². The minimum absolute atomic E-state index is 0.00399. The number of ether oxygens (including phenoxy) is 2. The number of para-hydroxylation sites is 1. The summed E-state index contributed by atoms with van der Waals surface area (Å²) in [6.07, 6.45) is 8.77. The zero-order chi connectivity index (χ0) is 20.1. The van der Waals surface area contributed by atoms with Gasteiger partial charge in [0, 0.05) is 12.2 Å². The lowest BCUT2D eigenvalue weighted by Crippen LogP contribution is -2.28. The molecule has 0 amide bonds. The average molecular weight is 393 g/mol. The highest BCUT2D eigenvalue weighted by atomic mass is 32.1. The van der Waals surface area contributed by atoms with E-state index in [-0.39, 0.29) is 29.3 Å². The van der Waals surface area contributed by atoms with E-state index >= 15 is 0 Å². The summed E-state index contributed by atoms with van der Waals surface area (Å²) in [5.74, 6) is 1.08. The molecule has 1 aromatic carbocycles. The summed E-state index contributed by atoms with van der Waals surface area (Å²) in [5.41, 5.74) is 0. The Kier molecular flexibility index (Phi) is 12.0. The van der Waals surface area contributed by atoms with Gasteiger partial charge in [0.05, 0.1) is 6.10 Å². The quantitative estimate of drug-likeness (QED) is 0.243. The highest BCUT2D eigenvalue weighted by Gasteiger charge is 2.22. The van der Waals surface area contributed by atoms with Crippen molar-refractivity contribution in [3.05, 3.63) is 43.0 Å². The van der Waals surface area contributed by atoms with Crippen LogP contribution in [0.15, 0.2) is 43.0 Å². The van der Waals surface area contributed by atoms with Gasteiger partial charge in [-0.05, 0) is 49.7 Å². The van der Waals surface area contributed by atoms with E-state index < -0.39 is 0 Å². The minimum atomic E-state index is -0.363. The number of aliphatic hydroxyl groups is 1. The smallest absolute Gasteiger partial charge is 0.358 e. The van der Waals surface area contributed by atoms with Crippen molar-refractivity contribution in [2.24, 2.45) is 11.8 Å². The van der Waals surface area contributed by atoms with Crippen LogP contribution in [-0.4, -0.2) is 22.6 Å². The second-order valence-electron chi connectivity index (χ2n) is 7.39. The minimum Gasteiger partial charge on any atom is -0.453 e. The zero-order valence-electron chi connectivity index (χ0n) is 17.1. The average Bonchev–Trinajstić information content (AvgIpc) is 2.68. The molecule has 0 fully saturated rings.